The number of para-hydroxylation sites is 1. The highest BCUT2D eigenvalue weighted by molar-refractivity contribution is 5.56. The Bertz CT molecular complexity index is 616. The molecule has 104 valence electrons. The van der Waals surface area contributed by atoms with Crippen molar-refractivity contribution in [2.45, 2.75) is 13.0 Å². The maximum atomic E-state index is 11.0. The summed E-state index contributed by atoms with van der Waals surface area (Å²) in [7, 11) is 1.59. The summed E-state index contributed by atoms with van der Waals surface area (Å²) in [6, 6.07) is 10.3. The average Bonchev–Trinajstić information content (AvgIpc) is 2.47. The van der Waals surface area contributed by atoms with Gasteiger partial charge >= 0.3 is 5.69 Å². The van der Waals surface area contributed by atoms with Crippen molar-refractivity contribution in [3.05, 3.63) is 58.3 Å². The molecule has 0 fully saturated rings. The molecule has 0 aliphatic carbocycles. The van der Waals surface area contributed by atoms with E-state index in [9.17, 15) is 10.1 Å². The first-order chi connectivity index (χ1) is 9.63. The van der Waals surface area contributed by atoms with Gasteiger partial charge < -0.3 is 10.1 Å². The second-order valence-electron chi connectivity index (χ2n) is 4.24. The van der Waals surface area contributed by atoms with Crippen LogP contribution in [0.1, 0.15) is 18.5 Å². The Morgan fingerprint density at radius 2 is 2.05 bits per heavy atom. The van der Waals surface area contributed by atoms with E-state index in [1.54, 1.807) is 7.11 Å². The highest BCUT2D eigenvalue weighted by Crippen LogP contribution is 2.29. The molecule has 1 N–H and O–H groups in total. The van der Waals surface area contributed by atoms with Crippen LogP contribution in [0.4, 0.5) is 11.5 Å². The first kappa shape index (κ1) is 13.8. The van der Waals surface area contributed by atoms with Gasteiger partial charge in [0.15, 0.2) is 0 Å². The van der Waals surface area contributed by atoms with E-state index in [0.717, 1.165) is 11.3 Å². The fourth-order valence-corrected chi connectivity index (χ4v) is 1.96. The van der Waals surface area contributed by atoms with E-state index in [0.29, 0.717) is 0 Å². The number of rotatable bonds is 5. The van der Waals surface area contributed by atoms with Gasteiger partial charge in [-0.05, 0) is 19.1 Å². The molecule has 0 bridgehead atoms. The molecule has 0 aliphatic rings. The van der Waals surface area contributed by atoms with E-state index in [1.807, 2.05) is 31.2 Å². The number of hydrogen-bond acceptors (Lipinski definition) is 5. The molecule has 20 heavy (non-hydrogen) atoms. The van der Waals surface area contributed by atoms with Crippen molar-refractivity contribution in [2.75, 3.05) is 12.4 Å². The topological polar surface area (TPSA) is 77.3 Å². The lowest BCUT2D eigenvalue weighted by Crippen LogP contribution is -2.10. The molecule has 1 aromatic heterocycles. The predicted molar refractivity (Wildman–Crippen MR) is 75.9 cm³/mol. The summed E-state index contributed by atoms with van der Waals surface area (Å²) in [5, 5.41) is 14.0. The Morgan fingerprint density at radius 3 is 2.75 bits per heavy atom. The quantitative estimate of drug-likeness (QED) is 0.668. The van der Waals surface area contributed by atoms with Gasteiger partial charge in [0.05, 0.1) is 18.1 Å². The smallest absolute Gasteiger partial charge is 0.311 e. The molecule has 0 aliphatic heterocycles. The molecule has 0 saturated heterocycles. The molecule has 2 rings (SSSR count). The Kier molecular flexibility index (Phi) is 4.14. The summed E-state index contributed by atoms with van der Waals surface area (Å²) in [5.74, 6) is 0.974. The fourth-order valence-electron chi connectivity index (χ4n) is 1.96. The van der Waals surface area contributed by atoms with Crippen molar-refractivity contribution in [2.24, 2.45) is 0 Å². The van der Waals surface area contributed by atoms with E-state index in [1.165, 1.54) is 18.3 Å². The zero-order valence-electron chi connectivity index (χ0n) is 11.2. The van der Waals surface area contributed by atoms with Gasteiger partial charge in [0, 0.05) is 17.8 Å². The summed E-state index contributed by atoms with van der Waals surface area (Å²) in [6.45, 7) is 1.90. The number of anilines is 1. The zero-order valence-corrected chi connectivity index (χ0v) is 11.2. The van der Waals surface area contributed by atoms with Gasteiger partial charge in [0.25, 0.3) is 0 Å². The number of hydrogen-bond donors (Lipinski definition) is 1. The maximum absolute atomic E-state index is 11.0. The van der Waals surface area contributed by atoms with Gasteiger partial charge in [-0.2, -0.15) is 0 Å². The lowest BCUT2D eigenvalue weighted by atomic mass is 10.1. The molecule has 0 unspecified atom stereocenters. The van der Waals surface area contributed by atoms with E-state index in [2.05, 4.69) is 10.3 Å². The summed E-state index contributed by atoms with van der Waals surface area (Å²) in [6.07, 6.45) is 1.52. The van der Waals surface area contributed by atoms with Crippen LogP contribution >= 0.6 is 0 Å². The highest BCUT2D eigenvalue weighted by Gasteiger charge is 2.18. The minimum absolute atomic E-state index is 0.0470. The Hall–Kier alpha value is -2.63. The number of aromatic nitrogens is 1. The van der Waals surface area contributed by atoms with Crippen LogP contribution in [-0.4, -0.2) is 17.0 Å². The SMILES string of the molecule is COc1ccccc1[C@@H](C)Nc1ncccc1[N+](=O)[O-]. The summed E-state index contributed by atoms with van der Waals surface area (Å²) in [4.78, 5) is 14.5. The van der Waals surface area contributed by atoms with Gasteiger partial charge in [-0.3, -0.25) is 10.1 Å². The number of methoxy groups -OCH3 is 1. The maximum Gasteiger partial charge on any atom is 0.311 e. The van der Waals surface area contributed by atoms with Crippen molar-refractivity contribution in [3.63, 3.8) is 0 Å². The first-order valence-corrected chi connectivity index (χ1v) is 6.12. The molecular formula is C14H15N3O3. The number of pyridine rings is 1. The van der Waals surface area contributed by atoms with Crippen LogP contribution in [0.15, 0.2) is 42.6 Å². The van der Waals surface area contributed by atoms with Crippen molar-refractivity contribution in [1.82, 2.24) is 4.98 Å². The predicted octanol–water partition coefficient (Wildman–Crippen LogP) is 3.17. The third-order valence-corrected chi connectivity index (χ3v) is 2.94. The molecule has 0 radical (unpaired) electrons. The molecule has 1 atom stereocenters. The molecule has 1 heterocycles. The van der Waals surface area contributed by atoms with Crippen LogP contribution in [0, 0.1) is 10.1 Å². The monoisotopic (exact) mass is 273 g/mol. The second-order valence-corrected chi connectivity index (χ2v) is 4.24. The lowest BCUT2D eigenvalue weighted by Gasteiger charge is -2.17. The van der Waals surface area contributed by atoms with E-state index < -0.39 is 4.92 Å². The molecule has 0 amide bonds. The van der Waals surface area contributed by atoms with Crippen LogP contribution < -0.4 is 10.1 Å². The van der Waals surface area contributed by atoms with Gasteiger partial charge in [0.1, 0.15) is 5.75 Å². The van der Waals surface area contributed by atoms with Gasteiger partial charge in [0.2, 0.25) is 5.82 Å². The fraction of sp³-hybridized carbons (Fsp3) is 0.214. The van der Waals surface area contributed by atoms with Crippen molar-refractivity contribution in [1.29, 1.82) is 0 Å². The first-order valence-electron chi connectivity index (χ1n) is 6.12. The molecular weight excluding hydrogens is 258 g/mol. The summed E-state index contributed by atoms with van der Waals surface area (Å²) >= 11 is 0. The molecule has 0 spiro atoms. The van der Waals surface area contributed by atoms with Crippen LogP contribution in [0.5, 0.6) is 5.75 Å². The Balaban J connectivity index is 2.28. The van der Waals surface area contributed by atoms with E-state index >= 15 is 0 Å². The second kappa shape index (κ2) is 6.01. The normalized spacial score (nSPS) is 11.7. The van der Waals surface area contributed by atoms with Crippen LogP contribution in [0.2, 0.25) is 0 Å². The average molecular weight is 273 g/mol. The molecule has 2 aromatic rings. The zero-order chi connectivity index (χ0) is 14.5. The largest absolute Gasteiger partial charge is 0.496 e. The van der Waals surface area contributed by atoms with Crippen molar-refractivity contribution >= 4 is 11.5 Å². The van der Waals surface area contributed by atoms with Crippen LogP contribution in [0.25, 0.3) is 0 Å². The summed E-state index contributed by atoms with van der Waals surface area (Å²) in [5.41, 5.74) is 0.865. The molecule has 0 saturated carbocycles. The minimum atomic E-state index is -0.454. The lowest BCUT2D eigenvalue weighted by molar-refractivity contribution is -0.384. The van der Waals surface area contributed by atoms with Crippen molar-refractivity contribution in [3.8, 4) is 5.75 Å². The van der Waals surface area contributed by atoms with E-state index in [4.69, 9.17) is 4.74 Å². The van der Waals surface area contributed by atoms with Crippen LogP contribution in [0.3, 0.4) is 0 Å². The van der Waals surface area contributed by atoms with Gasteiger partial charge in [-0.1, -0.05) is 18.2 Å². The van der Waals surface area contributed by atoms with Crippen LogP contribution in [-0.2, 0) is 0 Å². The summed E-state index contributed by atoms with van der Waals surface area (Å²) < 4.78 is 5.29. The third-order valence-electron chi connectivity index (χ3n) is 2.94. The number of nitrogens with one attached hydrogen (secondary N) is 1. The van der Waals surface area contributed by atoms with Crippen molar-refractivity contribution < 1.29 is 9.66 Å². The number of nitrogens with zero attached hydrogens (tertiary/aromatic N) is 2. The van der Waals surface area contributed by atoms with Gasteiger partial charge in [-0.15, -0.1) is 0 Å². The van der Waals surface area contributed by atoms with Gasteiger partial charge in [-0.25, -0.2) is 4.98 Å². The number of nitro groups is 1. The Morgan fingerprint density at radius 1 is 1.30 bits per heavy atom. The number of ether oxygens (including phenoxy) is 1. The van der Waals surface area contributed by atoms with E-state index in [-0.39, 0.29) is 17.5 Å². The minimum Gasteiger partial charge on any atom is -0.496 e. The standard InChI is InChI=1S/C14H15N3O3/c1-10(11-6-3-4-8-13(11)20-2)16-14-12(17(18)19)7-5-9-15-14/h3-10H,1-2H3,(H,15,16)/t10-/m1/s1. The molecule has 6 heteroatoms. The molecule has 1 aromatic carbocycles. The third kappa shape index (κ3) is 2.85. The highest BCUT2D eigenvalue weighted by atomic mass is 16.6. The molecule has 6 nitrogen and oxygen atoms in total. The number of benzene rings is 1. The Labute approximate surface area is 116 Å².